The van der Waals surface area contributed by atoms with Crippen LogP contribution in [0, 0.1) is 0 Å². The smallest absolute Gasteiger partial charge is 0.253 e. The number of carbonyl (C=O) groups is 1. The second-order valence-electron chi connectivity index (χ2n) is 6.64. The van der Waals surface area contributed by atoms with Crippen LogP contribution in [0.4, 0.5) is 5.69 Å². The van der Waals surface area contributed by atoms with E-state index in [2.05, 4.69) is 4.98 Å². The van der Waals surface area contributed by atoms with E-state index in [1.807, 2.05) is 19.1 Å². The molecular formula is C20H25N3O3S. The van der Waals surface area contributed by atoms with Gasteiger partial charge in [-0.2, -0.15) is 0 Å². The first-order valence-corrected chi connectivity index (χ1v) is 10.9. The first-order chi connectivity index (χ1) is 13.0. The Labute approximate surface area is 160 Å². The molecule has 1 amide bonds. The van der Waals surface area contributed by atoms with Crippen molar-refractivity contribution in [2.45, 2.75) is 26.2 Å². The zero-order chi connectivity index (χ0) is 19.3. The van der Waals surface area contributed by atoms with Crippen LogP contribution in [0.15, 0.2) is 48.8 Å². The fourth-order valence-electron chi connectivity index (χ4n) is 3.27. The van der Waals surface area contributed by atoms with Gasteiger partial charge in [0.05, 0.1) is 11.4 Å². The van der Waals surface area contributed by atoms with Gasteiger partial charge in [-0.15, -0.1) is 0 Å². The molecule has 7 heteroatoms. The van der Waals surface area contributed by atoms with Gasteiger partial charge < -0.3 is 4.90 Å². The fourth-order valence-corrected chi connectivity index (χ4v) is 4.90. The minimum Gasteiger partial charge on any atom is -0.339 e. The molecule has 0 bridgehead atoms. The molecule has 0 atom stereocenters. The largest absolute Gasteiger partial charge is 0.339 e. The molecule has 3 rings (SSSR count). The zero-order valence-electron chi connectivity index (χ0n) is 15.5. The van der Waals surface area contributed by atoms with Gasteiger partial charge in [-0.25, -0.2) is 8.42 Å². The van der Waals surface area contributed by atoms with Crippen LogP contribution in [0.3, 0.4) is 0 Å². The van der Waals surface area contributed by atoms with E-state index in [4.69, 9.17) is 0 Å². The summed E-state index contributed by atoms with van der Waals surface area (Å²) in [6.07, 6.45) is 5.77. The summed E-state index contributed by atoms with van der Waals surface area (Å²) >= 11 is 0. The van der Waals surface area contributed by atoms with Gasteiger partial charge in [-0.1, -0.05) is 6.07 Å². The van der Waals surface area contributed by atoms with Crippen LogP contribution in [0.5, 0.6) is 0 Å². The first kappa shape index (κ1) is 19.4. The molecule has 27 heavy (non-hydrogen) atoms. The molecule has 0 aliphatic carbocycles. The molecule has 2 aromatic rings. The van der Waals surface area contributed by atoms with Crippen molar-refractivity contribution in [3.8, 4) is 0 Å². The number of aromatic nitrogens is 1. The number of benzene rings is 1. The third-order valence-corrected chi connectivity index (χ3v) is 6.69. The number of hydrogen-bond acceptors (Lipinski definition) is 4. The van der Waals surface area contributed by atoms with Crippen molar-refractivity contribution in [3.05, 3.63) is 59.9 Å². The van der Waals surface area contributed by atoms with Crippen molar-refractivity contribution in [2.24, 2.45) is 0 Å². The van der Waals surface area contributed by atoms with Gasteiger partial charge in [0.2, 0.25) is 10.0 Å². The number of nitrogens with zero attached hydrogens (tertiary/aromatic N) is 3. The Bertz CT molecular complexity index is 884. The summed E-state index contributed by atoms with van der Waals surface area (Å²) < 4.78 is 26.1. The summed E-state index contributed by atoms with van der Waals surface area (Å²) in [5, 5.41) is 0. The molecule has 1 aromatic heterocycles. The van der Waals surface area contributed by atoms with Crippen LogP contribution in [0.25, 0.3) is 0 Å². The monoisotopic (exact) mass is 387 g/mol. The Balaban J connectivity index is 1.75. The van der Waals surface area contributed by atoms with Crippen LogP contribution in [-0.4, -0.2) is 49.6 Å². The van der Waals surface area contributed by atoms with Crippen molar-refractivity contribution >= 4 is 21.6 Å². The predicted molar refractivity (Wildman–Crippen MR) is 106 cm³/mol. The molecule has 1 aliphatic rings. The van der Waals surface area contributed by atoms with Gasteiger partial charge in [-0.3, -0.25) is 14.1 Å². The number of rotatable bonds is 6. The van der Waals surface area contributed by atoms with Gasteiger partial charge >= 0.3 is 0 Å². The maximum absolute atomic E-state index is 12.9. The quantitative estimate of drug-likeness (QED) is 0.764. The summed E-state index contributed by atoms with van der Waals surface area (Å²) in [5.41, 5.74) is 2.22. The normalized spacial score (nSPS) is 16.1. The van der Waals surface area contributed by atoms with E-state index >= 15 is 0 Å². The Kier molecular flexibility index (Phi) is 6.11. The van der Waals surface area contributed by atoms with Crippen molar-refractivity contribution in [1.29, 1.82) is 0 Å². The molecule has 0 N–H and O–H groups in total. The lowest BCUT2D eigenvalue weighted by atomic mass is 10.1. The maximum atomic E-state index is 12.9. The molecule has 0 radical (unpaired) electrons. The average Bonchev–Trinajstić information content (AvgIpc) is 2.69. The third-order valence-electron chi connectivity index (χ3n) is 4.82. The molecular weight excluding hydrogens is 362 g/mol. The fraction of sp³-hybridized carbons (Fsp3) is 0.400. The second kappa shape index (κ2) is 8.52. The van der Waals surface area contributed by atoms with Crippen LogP contribution in [-0.2, 0) is 16.4 Å². The Morgan fingerprint density at radius 3 is 2.67 bits per heavy atom. The summed E-state index contributed by atoms with van der Waals surface area (Å²) in [6, 6.07) is 10.8. The summed E-state index contributed by atoms with van der Waals surface area (Å²) in [5.74, 6) is 0.0841. The predicted octanol–water partition coefficient (Wildman–Crippen LogP) is 2.72. The van der Waals surface area contributed by atoms with Crippen LogP contribution in [0.2, 0.25) is 0 Å². The minimum atomic E-state index is -3.29. The first-order valence-electron chi connectivity index (χ1n) is 9.30. The van der Waals surface area contributed by atoms with Crippen LogP contribution in [0.1, 0.15) is 35.7 Å². The lowest BCUT2D eigenvalue weighted by Crippen LogP contribution is -2.38. The SMILES string of the molecule is CCN(CCc1ccncc1)C(=O)c1cccc(N2CCCCS2(=O)=O)c1. The number of pyridine rings is 1. The van der Waals surface area contributed by atoms with Crippen molar-refractivity contribution in [3.63, 3.8) is 0 Å². The molecule has 2 heterocycles. The summed E-state index contributed by atoms with van der Waals surface area (Å²) in [6.45, 7) is 3.62. The lowest BCUT2D eigenvalue weighted by Gasteiger charge is -2.29. The standard InChI is InChI=1S/C20H25N3O3S/c1-2-22(14-10-17-8-11-21-12-9-17)20(24)18-6-5-7-19(16-18)23-13-3-4-15-27(23,25)26/h5-9,11-12,16H,2-4,10,13-15H2,1H3. The topological polar surface area (TPSA) is 70.6 Å². The van der Waals surface area contributed by atoms with E-state index in [-0.39, 0.29) is 11.7 Å². The van der Waals surface area contributed by atoms with Crippen LogP contribution >= 0.6 is 0 Å². The van der Waals surface area contributed by atoms with Gasteiger partial charge in [-0.05, 0) is 62.1 Å². The molecule has 1 aromatic carbocycles. The highest BCUT2D eigenvalue weighted by molar-refractivity contribution is 7.92. The Morgan fingerprint density at radius 2 is 1.96 bits per heavy atom. The van der Waals surface area contributed by atoms with Crippen molar-refractivity contribution in [1.82, 2.24) is 9.88 Å². The highest BCUT2D eigenvalue weighted by Crippen LogP contribution is 2.24. The number of hydrogen-bond donors (Lipinski definition) is 0. The van der Waals surface area contributed by atoms with E-state index in [0.29, 0.717) is 37.3 Å². The number of anilines is 1. The molecule has 1 aliphatic heterocycles. The average molecular weight is 388 g/mol. The minimum absolute atomic E-state index is 0.0807. The summed E-state index contributed by atoms with van der Waals surface area (Å²) in [7, 11) is -3.29. The Hall–Kier alpha value is -2.41. The molecule has 144 valence electrons. The zero-order valence-corrected chi connectivity index (χ0v) is 16.4. The Morgan fingerprint density at radius 1 is 1.19 bits per heavy atom. The second-order valence-corrected chi connectivity index (χ2v) is 8.65. The highest BCUT2D eigenvalue weighted by atomic mass is 32.2. The molecule has 1 fully saturated rings. The van der Waals surface area contributed by atoms with Crippen molar-refractivity contribution in [2.75, 3.05) is 29.7 Å². The summed E-state index contributed by atoms with van der Waals surface area (Å²) in [4.78, 5) is 18.7. The van der Waals surface area contributed by atoms with Gasteiger partial charge in [0.1, 0.15) is 0 Å². The van der Waals surface area contributed by atoms with Crippen LogP contribution < -0.4 is 4.31 Å². The highest BCUT2D eigenvalue weighted by Gasteiger charge is 2.26. The van der Waals surface area contributed by atoms with E-state index in [0.717, 1.165) is 18.4 Å². The maximum Gasteiger partial charge on any atom is 0.253 e. The van der Waals surface area contributed by atoms with Gasteiger partial charge in [0, 0.05) is 37.6 Å². The molecule has 1 saturated heterocycles. The van der Waals surface area contributed by atoms with E-state index in [1.165, 1.54) is 4.31 Å². The van der Waals surface area contributed by atoms with E-state index in [1.54, 1.807) is 41.6 Å². The number of carbonyl (C=O) groups excluding carboxylic acids is 1. The van der Waals surface area contributed by atoms with Crippen molar-refractivity contribution < 1.29 is 13.2 Å². The molecule has 0 unspecified atom stereocenters. The molecule has 6 nitrogen and oxygen atoms in total. The van der Waals surface area contributed by atoms with E-state index in [9.17, 15) is 13.2 Å². The third kappa shape index (κ3) is 4.66. The van der Waals surface area contributed by atoms with Gasteiger partial charge in [0.25, 0.3) is 5.91 Å². The lowest BCUT2D eigenvalue weighted by molar-refractivity contribution is 0.0766. The number of amides is 1. The van der Waals surface area contributed by atoms with Gasteiger partial charge in [0.15, 0.2) is 0 Å². The molecule has 0 spiro atoms. The molecule has 0 saturated carbocycles. The number of likely N-dealkylation sites (N-methyl/N-ethyl adjacent to an activating group) is 1. The van der Waals surface area contributed by atoms with E-state index < -0.39 is 10.0 Å². The number of sulfonamides is 1.